The molecular formula is C13H16N6O2. The summed E-state index contributed by atoms with van der Waals surface area (Å²) in [4.78, 5) is 16.3. The minimum Gasteiger partial charge on any atom is -0.466 e. The van der Waals surface area contributed by atoms with Gasteiger partial charge in [0.25, 0.3) is 0 Å². The van der Waals surface area contributed by atoms with Gasteiger partial charge >= 0.3 is 5.97 Å². The van der Waals surface area contributed by atoms with Gasteiger partial charge in [-0.3, -0.25) is 4.68 Å². The molecule has 0 bridgehead atoms. The van der Waals surface area contributed by atoms with Crippen LogP contribution in [0.2, 0.25) is 0 Å². The molecule has 1 aliphatic heterocycles. The number of hydrogen-bond donors (Lipinski definition) is 1. The van der Waals surface area contributed by atoms with Crippen LogP contribution in [0.3, 0.4) is 0 Å². The summed E-state index contributed by atoms with van der Waals surface area (Å²) in [6, 6.07) is 1.44. The van der Waals surface area contributed by atoms with Gasteiger partial charge < -0.3 is 10.1 Å². The molecule has 0 radical (unpaired) electrons. The van der Waals surface area contributed by atoms with E-state index in [-0.39, 0.29) is 0 Å². The van der Waals surface area contributed by atoms with Crippen LogP contribution < -0.4 is 5.32 Å². The largest absolute Gasteiger partial charge is 0.466 e. The number of hydrogen-bond acceptors (Lipinski definition) is 6. The van der Waals surface area contributed by atoms with Gasteiger partial charge in [0.1, 0.15) is 12.4 Å². The van der Waals surface area contributed by atoms with E-state index in [4.69, 9.17) is 4.74 Å². The molecule has 0 amide bonds. The summed E-state index contributed by atoms with van der Waals surface area (Å²) in [5, 5.41) is 11.8. The van der Waals surface area contributed by atoms with E-state index >= 15 is 0 Å². The zero-order valence-corrected chi connectivity index (χ0v) is 12.1. The van der Waals surface area contributed by atoms with Crippen LogP contribution in [0.15, 0.2) is 29.9 Å². The standard InChI is InChI=1S/C13H16N6O2/c1-4-18-6-5-9(17-18)11-10(12(20)21-3)8(2)16-13-14-7-15-19(11)13/h5-7,11H,4H2,1-3H3,(H,14,15,16)/t11-/m1/s1. The second-order valence-electron chi connectivity index (χ2n) is 4.68. The van der Waals surface area contributed by atoms with E-state index in [2.05, 4.69) is 20.5 Å². The van der Waals surface area contributed by atoms with Crippen molar-refractivity contribution in [3.05, 3.63) is 35.6 Å². The third-order valence-corrected chi connectivity index (χ3v) is 3.47. The lowest BCUT2D eigenvalue weighted by Crippen LogP contribution is -2.29. The van der Waals surface area contributed by atoms with Crippen LogP contribution in [0.25, 0.3) is 0 Å². The van der Waals surface area contributed by atoms with Crippen LogP contribution in [0.4, 0.5) is 5.95 Å². The number of carbonyl (C=O) groups excluding carboxylic acids is 1. The maximum absolute atomic E-state index is 12.2. The summed E-state index contributed by atoms with van der Waals surface area (Å²) in [5.74, 6) is 0.174. The zero-order valence-electron chi connectivity index (χ0n) is 12.1. The third-order valence-electron chi connectivity index (χ3n) is 3.47. The van der Waals surface area contributed by atoms with Gasteiger partial charge in [0.05, 0.1) is 18.4 Å². The fraction of sp³-hybridized carbons (Fsp3) is 0.385. The van der Waals surface area contributed by atoms with Crippen LogP contribution in [-0.4, -0.2) is 37.6 Å². The van der Waals surface area contributed by atoms with Crippen molar-refractivity contribution in [2.24, 2.45) is 0 Å². The number of carbonyl (C=O) groups is 1. The molecule has 21 heavy (non-hydrogen) atoms. The predicted molar refractivity (Wildman–Crippen MR) is 74.4 cm³/mol. The minimum atomic E-state index is -0.441. The minimum absolute atomic E-state index is 0.405. The number of rotatable bonds is 3. The lowest BCUT2D eigenvalue weighted by molar-refractivity contribution is -0.136. The Morgan fingerprint density at radius 3 is 3.00 bits per heavy atom. The van der Waals surface area contributed by atoms with E-state index in [1.54, 1.807) is 9.36 Å². The Balaban J connectivity index is 2.15. The summed E-state index contributed by atoms with van der Waals surface area (Å²) in [6.45, 7) is 4.57. The molecule has 110 valence electrons. The maximum atomic E-state index is 12.2. The molecule has 3 rings (SSSR count). The summed E-state index contributed by atoms with van der Waals surface area (Å²) in [6.07, 6.45) is 3.32. The van der Waals surface area contributed by atoms with Crippen molar-refractivity contribution in [3.8, 4) is 0 Å². The number of aryl methyl sites for hydroxylation is 1. The maximum Gasteiger partial charge on any atom is 0.338 e. The van der Waals surface area contributed by atoms with Crippen molar-refractivity contribution < 1.29 is 9.53 Å². The third kappa shape index (κ3) is 2.08. The van der Waals surface area contributed by atoms with Crippen LogP contribution in [0.1, 0.15) is 25.6 Å². The number of fused-ring (bicyclic) bond motifs is 1. The number of nitrogens with one attached hydrogen (secondary N) is 1. The molecule has 1 atom stereocenters. The lowest BCUT2D eigenvalue weighted by Gasteiger charge is -2.26. The Hall–Kier alpha value is -2.64. The number of nitrogens with zero attached hydrogens (tertiary/aromatic N) is 5. The Morgan fingerprint density at radius 2 is 2.33 bits per heavy atom. The SMILES string of the molecule is CCn1ccc([C@@H]2C(C(=O)OC)=C(C)Nc3ncnn32)n1. The second kappa shape index (κ2) is 5.04. The van der Waals surface area contributed by atoms with Crippen molar-refractivity contribution in [1.82, 2.24) is 24.5 Å². The number of anilines is 1. The molecule has 0 unspecified atom stereocenters. The molecule has 2 aromatic rings. The van der Waals surface area contributed by atoms with Gasteiger partial charge in [-0.25, -0.2) is 9.48 Å². The first kappa shape index (κ1) is 13.3. The molecule has 0 aliphatic carbocycles. The van der Waals surface area contributed by atoms with Gasteiger partial charge in [-0.1, -0.05) is 0 Å². The van der Waals surface area contributed by atoms with Crippen molar-refractivity contribution >= 4 is 11.9 Å². The molecule has 0 saturated carbocycles. The average Bonchev–Trinajstić information content (AvgIpc) is 3.13. The van der Waals surface area contributed by atoms with E-state index in [9.17, 15) is 4.79 Å². The first-order valence-corrected chi connectivity index (χ1v) is 6.64. The summed E-state index contributed by atoms with van der Waals surface area (Å²) in [5.41, 5.74) is 1.90. The summed E-state index contributed by atoms with van der Waals surface area (Å²) >= 11 is 0. The lowest BCUT2D eigenvalue weighted by atomic mass is 10.0. The van der Waals surface area contributed by atoms with Crippen LogP contribution in [0.5, 0.6) is 0 Å². The molecule has 8 heteroatoms. The number of allylic oxidation sites excluding steroid dienone is 1. The number of aromatic nitrogens is 5. The molecule has 1 N–H and O–H groups in total. The fourth-order valence-electron chi connectivity index (χ4n) is 2.44. The van der Waals surface area contributed by atoms with Gasteiger partial charge in [0.15, 0.2) is 0 Å². The summed E-state index contributed by atoms with van der Waals surface area (Å²) in [7, 11) is 1.36. The van der Waals surface area contributed by atoms with Crippen LogP contribution in [0, 0.1) is 0 Å². The van der Waals surface area contributed by atoms with Gasteiger partial charge in [0.2, 0.25) is 5.95 Å². The topological polar surface area (TPSA) is 86.9 Å². The molecule has 2 aromatic heterocycles. The molecule has 0 aromatic carbocycles. The van der Waals surface area contributed by atoms with Crippen molar-refractivity contribution in [2.45, 2.75) is 26.4 Å². The van der Waals surface area contributed by atoms with Gasteiger partial charge in [-0.15, -0.1) is 0 Å². The van der Waals surface area contributed by atoms with E-state index < -0.39 is 12.0 Å². The Morgan fingerprint density at radius 1 is 1.52 bits per heavy atom. The highest BCUT2D eigenvalue weighted by Crippen LogP contribution is 2.34. The van der Waals surface area contributed by atoms with Gasteiger partial charge in [0, 0.05) is 18.4 Å². The highest BCUT2D eigenvalue weighted by Gasteiger charge is 2.35. The zero-order chi connectivity index (χ0) is 15.0. The van der Waals surface area contributed by atoms with Crippen molar-refractivity contribution in [3.63, 3.8) is 0 Å². The van der Waals surface area contributed by atoms with Gasteiger partial charge in [-0.2, -0.15) is 15.2 Å². The van der Waals surface area contributed by atoms with E-state index in [1.807, 2.05) is 26.1 Å². The van der Waals surface area contributed by atoms with Crippen molar-refractivity contribution in [1.29, 1.82) is 0 Å². The normalized spacial score (nSPS) is 17.4. The molecule has 0 fully saturated rings. The average molecular weight is 288 g/mol. The fourth-order valence-corrected chi connectivity index (χ4v) is 2.44. The molecule has 0 saturated heterocycles. The predicted octanol–water partition coefficient (Wildman–Crippen LogP) is 0.956. The van der Waals surface area contributed by atoms with E-state index in [0.717, 1.165) is 12.2 Å². The van der Waals surface area contributed by atoms with Gasteiger partial charge in [-0.05, 0) is 19.9 Å². The molecule has 1 aliphatic rings. The number of esters is 1. The molecule has 8 nitrogen and oxygen atoms in total. The van der Waals surface area contributed by atoms with Crippen LogP contribution in [-0.2, 0) is 16.1 Å². The van der Waals surface area contributed by atoms with E-state index in [1.165, 1.54) is 13.4 Å². The first-order valence-electron chi connectivity index (χ1n) is 6.64. The Bertz CT molecular complexity index is 714. The number of ether oxygens (including phenoxy) is 1. The Labute approximate surface area is 121 Å². The molecular weight excluding hydrogens is 272 g/mol. The van der Waals surface area contributed by atoms with Crippen LogP contribution >= 0.6 is 0 Å². The summed E-state index contributed by atoms with van der Waals surface area (Å²) < 4.78 is 8.35. The highest BCUT2D eigenvalue weighted by atomic mass is 16.5. The first-order chi connectivity index (χ1) is 10.2. The number of methoxy groups -OCH3 is 1. The monoisotopic (exact) mass is 288 g/mol. The quantitative estimate of drug-likeness (QED) is 0.846. The highest BCUT2D eigenvalue weighted by molar-refractivity contribution is 5.92. The smallest absolute Gasteiger partial charge is 0.338 e. The van der Waals surface area contributed by atoms with E-state index in [0.29, 0.717) is 17.2 Å². The second-order valence-corrected chi connectivity index (χ2v) is 4.68. The Kier molecular flexibility index (Phi) is 3.20. The molecule has 0 spiro atoms. The molecule has 3 heterocycles. The van der Waals surface area contributed by atoms with Crippen molar-refractivity contribution in [2.75, 3.05) is 12.4 Å².